The van der Waals surface area contributed by atoms with Gasteiger partial charge in [-0.25, -0.2) is 9.37 Å². The van der Waals surface area contributed by atoms with Crippen molar-refractivity contribution in [3.63, 3.8) is 0 Å². The van der Waals surface area contributed by atoms with Crippen molar-refractivity contribution >= 4 is 51.3 Å². The molecule has 0 amide bonds. The molecule has 1 aromatic carbocycles. The SMILES string of the molecule is CCOC(=O)Cc1csc(Nc2c(Cl)cc(F)cc2Cl)n1. The molecule has 0 bridgehead atoms. The van der Waals surface area contributed by atoms with Crippen molar-refractivity contribution in [3.05, 3.63) is 39.1 Å². The molecule has 0 aliphatic heterocycles. The summed E-state index contributed by atoms with van der Waals surface area (Å²) in [6.07, 6.45) is 0.0941. The number of carbonyl (C=O) groups excluding carboxylic acids is 1. The van der Waals surface area contributed by atoms with Gasteiger partial charge in [-0.1, -0.05) is 23.2 Å². The van der Waals surface area contributed by atoms with Crippen LogP contribution in [0.3, 0.4) is 0 Å². The minimum Gasteiger partial charge on any atom is -0.466 e. The van der Waals surface area contributed by atoms with E-state index >= 15 is 0 Å². The molecule has 0 aliphatic carbocycles. The largest absolute Gasteiger partial charge is 0.466 e. The standard InChI is InChI=1S/C13H11Cl2FN2O2S/c1-2-20-11(19)5-8-6-21-13(17-8)18-12-9(14)3-7(16)4-10(12)15/h3-4,6H,2,5H2,1H3,(H,17,18). The lowest BCUT2D eigenvalue weighted by Gasteiger charge is -2.07. The molecule has 21 heavy (non-hydrogen) atoms. The van der Waals surface area contributed by atoms with E-state index in [9.17, 15) is 9.18 Å². The van der Waals surface area contributed by atoms with Crippen LogP contribution in [0, 0.1) is 5.82 Å². The molecule has 0 unspecified atom stereocenters. The molecule has 0 radical (unpaired) electrons. The van der Waals surface area contributed by atoms with Gasteiger partial charge in [0.1, 0.15) is 5.82 Å². The van der Waals surface area contributed by atoms with Crippen molar-refractivity contribution in [1.29, 1.82) is 0 Å². The molecule has 1 heterocycles. The Kier molecular flexibility index (Phi) is 5.39. The van der Waals surface area contributed by atoms with Crippen LogP contribution in [0.2, 0.25) is 10.0 Å². The summed E-state index contributed by atoms with van der Waals surface area (Å²) in [7, 11) is 0. The normalized spacial score (nSPS) is 10.5. The monoisotopic (exact) mass is 348 g/mol. The van der Waals surface area contributed by atoms with Gasteiger partial charge in [0.2, 0.25) is 0 Å². The highest BCUT2D eigenvalue weighted by Gasteiger charge is 2.12. The number of esters is 1. The lowest BCUT2D eigenvalue weighted by Crippen LogP contribution is -2.07. The molecule has 4 nitrogen and oxygen atoms in total. The van der Waals surface area contributed by atoms with Crippen LogP contribution >= 0.6 is 34.5 Å². The Hall–Kier alpha value is -1.37. The van der Waals surface area contributed by atoms with Crippen molar-refractivity contribution in [3.8, 4) is 0 Å². The molecule has 2 rings (SSSR count). The van der Waals surface area contributed by atoms with Crippen molar-refractivity contribution in [2.24, 2.45) is 0 Å². The number of hydrogen-bond acceptors (Lipinski definition) is 5. The van der Waals surface area contributed by atoms with Gasteiger partial charge in [-0.05, 0) is 19.1 Å². The third-order valence-corrected chi connectivity index (χ3v) is 3.82. The number of nitrogens with one attached hydrogen (secondary N) is 1. The number of rotatable bonds is 5. The van der Waals surface area contributed by atoms with Gasteiger partial charge in [-0.15, -0.1) is 11.3 Å². The van der Waals surface area contributed by atoms with Crippen LogP contribution in [0.1, 0.15) is 12.6 Å². The first-order valence-corrected chi connectivity index (χ1v) is 7.64. The lowest BCUT2D eigenvalue weighted by atomic mass is 10.3. The van der Waals surface area contributed by atoms with Gasteiger partial charge in [-0.3, -0.25) is 4.79 Å². The summed E-state index contributed by atoms with van der Waals surface area (Å²) in [4.78, 5) is 15.6. The first-order valence-electron chi connectivity index (χ1n) is 6.01. The Balaban J connectivity index is 2.11. The molecule has 112 valence electrons. The fourth-order valence-corrected chi connectivity index (χ4v) is 2.84. The molecule has 8 heteroatoms. The van der Waals surface area contributed by atoms with Crippen LogP contribution in [0.5, 0.6) is 0 Å². The van der Waals surface area contributed by atoms with Gasteiger partial charge in [0.25, 0.3) is 0 Å². The van der Waals surface area contributed by atoms with E-state index in [0.717, 1.165) is 12.1 Å². The molecular weight excluding hydrogens is 338 g/mol. The van der Waals surface area contributed by atoms with Gasteiger partial charge in [0.15, 0.2) is 5.13 Å². The highest BCUT2D eigenvalue weighted by molar-refractivity contribution is 7.13. The van der Waals surface area contributed by atoms with E-state index in [0.29, 0.717) is 23.1 Å². The number of hydrogen-bond donors (Lipinski definition) is 1. The highest BCUT2D eigenvalue weighted by atomic mass is 35.5. The number of halogens is 3. The Labute approximate surface area is 134 Å². The maximum absolute atomic E-state index is 13.1. The zero-order chi connectivity index (χ0) is 15.4. The van der Waals surface area contributed by atoms with Gasteiger partial charge < -0.3 is 10.1 Å². The number of benzene rings is 1. The summed E-state index contributed by atoms with van der Waals surface area (Å²) in [6, 6.07) is 2.31. The number of anilines is 2. The first-order chi connectivity index (χ1) is 9.99. The molecule has 0 atom stereocenters. The molecule has 0 spiro atoms. The second kappa shape index (κ2) is 7.06. The van der Waals surface area contributed by atoms with Crippen LogP contribution in [0.4, 0.5) is 15.2 Å². The smallest absolute Gasteiger partial charge is 0.311 e. The Morgan fingerprint density at radius 2 is 2.10 bits per heavy atom. The van der Waals surface area contributed by atoms with E-state index < -0.39 is 5.82 Å². The Bertz CT molecular complexity index is 640. The van der Waals surface area contributed by atoms with Crippen LogP contribution in [-0.2, 0) is 16.0 Å². The third kappa shape index (κ3) is 4.30. The van der Waals surface area contributed by atoms with Gasteiger partial charge in [-0.2, -0.15) is 0 Å². The first kappa shape index (κ1) is 16.0. The van der Waals surface area contributed by atoms with Crippen LogP contribution in [0.25, 0.3) is 0 Å². The molecule has 1 aromatic heterocycles. The van der Waals surface area contributed by atoms with Gasteiger partial charge >= 0.3 is 5.97 Å². The lowest BCUT2D eigenvalue weighted by molar-refractivity contribution is -0.142. The summed E-state index contributed by atoms with van der Waals surface area (Å²) >= 11 is 13.2. The summed E-state index contributed by atoms with van der Waals surface area (Å²) in [6.45, 7) is 2.07. The van der Waals surface area contributed by atoms with Gasteiger partial charge in [0.05, 0.1) is 34.5 Å². The van der Waals surface area contributed by atoms with Crippen LogP contribution in [0.15, 0.2) is 17.5 Å². The van der Waals surface area contributed by atoms with Crippen molar-refractivity contribution in [2.75, 3.05) is 11.9 Å². The second-order valence-electron chi connectivity index (χ2n) is 4.00. The zero-order valence-corrected chi connectivity index (χ0v) is 13.3. The van der Waals surface area contributed by atoms with Gasteiger partial charge in [0, 0.05) is 5.38 Å². The Morgan fingerprint density at radius 3 is 2.71 bits per heavy atom. The summed E-state index contributed by atoms with van der Waals surface area (Å²) in [5, 5.41) is 5.46. The number of carbonyl (C=O) groups is 1. The van der Waals surface area contributed by atoms with E-state index in [-0.39, 0.29) is 22.4 Å². The zero-order valence-electron chi connectivity index (χ0n) is 11.0. The average Bonchev–Trinajstić information content (AvgIpc) is 2.81. The number of thiazole rings is 1. The molecule has 0 aliphatic rings. The van der Waals surface area contributed by atoms with Crippen molar-refractivity contribution in [2.45, 2.75) is 13.3 Å². The molecular formula is C13H11Cl2FN2O2S. The molecule has 2 aromatic rings. The topological polar surface area (TPSA) is 51.2 Å². The Morgan fingerprint density at radius 1 is 1.43 bits per heavy atom. The maximum Gasteiger partial charge on any atom is 0.311 e. The predicted molar refractivity (Wildman–Crippen MR) is 82.2 cm³/mol. The highest BCUT2D eigenvalue weighted by Crippen LogP contribution is 2.34. The minimum absolute atomic E-state index is 0.0941. The van der Waals surface area contributed by atoms with Crippen molar-refractivity contribution in [1.82, 2.24) is 4.98 Å². The second-order valence-corrected chi connectivity index (χ2v) is 5.67. The molecule has 0 saturated carbocycles. The summed E-state index contributed by atoms with van der Waals surface area (Å²) in [5.74, 6) is -0.857. The van der Waals surface area contributed by atoms with E-state index in [1.54, 1.807) is 12.3 Å². The fraction of sp³-hybridized carbons (Fsp3) is 0.231. The fourth-order valence-electron chi connectivity index (χ4n) is 1.57. The van der Waals surface area contributed by atoms with Crippen LogP contribution < -0.4 is 5.32 Å². The number of ether oxygens (including phenoxy) is 1. The van der Waals surface area contributed by atoms with E-state index in [1.807, 2.05) is 0 Å². The maximum atomic E-state index is 13.1. The predicted octanol–water partition coefficient (Wildman–Crippen LogP) is 4.44. The average molecular weight is 349 g/mol. The summed E-state index contributed by atoms with van der Waals surface area (Å²) < 4.78 is 18.0. The molecule has 1 N–H and O–H groups in total. The molecule has 0 fully saturated rings. The van der Waals surface area contributed by atoms with E-state index in [4.69, 9.17) is 27.9 Å². The molecule has 0 saturated heterocycles. The quantitative estimate of drug-likeness (QED) is 0.811. The van der Waals surface area contributed by atoms with Crippen LogP contribution in [-0.4, -0.2) is 17.6 Å². The number of aromatic nitrogens is 1. The summed E-state index contributed by atoms with van der Waals surface area (Å²) in [5.41, 5.74) is 0.951. The van der Waals surface area contributed by atoms with Crippen molar-refractivity contribution < 1.29 is 13.9 Å². The van der Waals surface area contributed by atoms with E-state index in [2.05, 4.69) is 10.3 Å². The van der Waals surface area contributed by atoms with E-state index in [1.165, 1.54) is 11.3 Å². The number of nitrogens with zero attached hydrogens (tertiary/aromatic N) is 1. The third-order valence-electron chi connectivity index (χ3n) is 2.42. The minimum atomic E-state index is -0.516.